The number of amides is 1. The maximum absolute atomic E-state index is 12.4. The van der Waals surface area contributed by atoms with Crippen molar-refractivity contribution in [1.82, 2.24) is 10.2 Å². The van der Waals surface area contributed by atoms with Crippen molar-refractivity contribution in [2.75, 3.05) is 19.6 Å². The second-order valence-electron chi connectivity index (χ2n) is 5.06. The van der Waals surface area contributed by atoms with Crippen LogP contribution in [0.1, 0.15) is 12.5 Å². The molecule has 0 aliphatic carbocycles. The first kappa shape index (κ1) is 11.5. The number of carbonyl (C=O) groups is 1. The highest BCUT2D eigenvalue weighted by Crippen LogP contribution is 2.29. The number of rotatable bonds is 1. The van der Waals surface area contributed by atoms with E-state index in [1.807, 2.05) is 29.2 Å². The molecule has 0 saturated carbocycles. The van der Waals surface area contributed by atoms with Crippen LogP contribution in [-0.2, 0) is 11.2 Å². The van der Waals surface area contributed by atoms with Gasteiger partial charge in [-0.3, -0.25) is 4.79 Å². The molecule has 2 heterocycles. The van der Waals surface area contributed by atoms with E-state index in [0.29, 0.717) is 12.5 Å². The van der Waals surface area contributed by atoms with Gasteiger partial charge in [0.25, 0.3) is 5.91 Å². The lowest BCUT2D eigenvalue weighted by Crippen LogP contribution is -2.54. The summed E-state index contributed by atoms with van der Waals surface area (Å²) in [5, 5.41) is 3.34. The average molecular weight is 246 g/mol. The van der Waals surface area contributed by atoms with Gasteiger partial charge in [0.2, 0.25) is 0 Å². The van der Waals surface area contributed by atoms with E-state index in [-0.39, 0.29) is 12.0 Å². The predicted molar refractivity (Wildman–Crippen MR) is 68.6 cm³/mol. The minimum Gasteiger partial charge on any atom is -0.480 e. The third-order valence-electron chi connectivity index (χ3n) is 3.60. The van der Waals surface area contributed by atoms with Crippen LogP contribution in [0.2, 0.25) is 0 Å². The number of ether oxygens (including phenoxy) is 1. The Morgan fingerprint density at radius 2 is 2.28 bits per heavy atom. The molecule has 1 amide bonds. The molecule has 1 saturated heterocycles. The Balaban J connectivity index is 1.68. The summed E-state index contributed by atoms with van der Waals surface area (Å²) in [6.45, 7) is 4.52. The molecule has 2 aliphatic heterocycles. The van der Waals surface area contributed by atoms with Crippen molar-refractivity contribution in [2.24, 2.45) is 0 Å². The number of hydrogen-bond donors (Lipinski definition) is 1. The van der Waals surface area contributed by atoms with Crippen LogP contribution in [0.25, 0.3) is 0 Å². The van der Waals surface area contributed by atoms with Gasteiger partial charge in [-0.2, -0.15) is 0 Å². The molecule has 0 bridgehead atoms. The Bertz CT molecular complexity index is 436. The number of piperazine rings is 1. The average Bonchev–Trinajstić information content (AvgIpc) is 2.81. The van der Waals surface area contributed by atoms with Gasteiger partial charge in [-0.1, -0.05) is 18.2 Å². The fourth-order valence-electron chi connectivity index (χ4n) is 2.66. The first-order chi connectivity index (χ1) is 8.74. The molecule has 1 N–H and O–H groups in total. The molecular formula is C14H18N2O2. The van der Waals surface area contributed by atoms with Crippen LogP contribution in [0.5, 0.6) is 5.75 Å². The normalized spacial score (nSPS) is 26.6. The van der Waals surface area contributed by atoms with Gasteiger partial charge in [0, 0.05) is 32.1 Å². The van der Waals surface area contributed by atoms with Gasteiger partial charge in [0.1, 0.15) is 5.75 Å². The summed E-state index contributed by atoms with van der Waals surface area (Å²) in [5.41, 5.74) is 1.14. The van der Waals surface area contributed by atoms with E-state index in [0.717, 1.165) is 30.9 Å². The molecule has 0 radical (unpaired) electrons. The minimum absolute atomic E-state index is 0.125. The van der Waals surface area contributed by atoms with Crippen molar-refractivity contribution in [3.63, 3.8) is 0 Å². The van der Waals surface area contributed by atoms with Crippen molar-refractivity contribution in [3.8, 4) is 5.75 Å². The fourth-order valence-corrected chi connectivity index (χ4v) is 2.66. The van der Waals surface area contributed by atoms with E-state index in [1.54, 1.807) is 0 Å². The Labute approximate surface area is 107 Å². The highest BCUT2D eigenvalue weighted by atomic mass is 16.5. The topological polar surface area (TPSA) is 41.6 Å². The number of nitrogens with zero attached hydrogens (tertiary/aromatic N) is 1. The molecule has 1 aromatic rings. The van der Waals surface area contributed by atoms with E-state index in [4.69, 9.17) is 4.74 Å². The van der Waals surface area contributed by atoms with Gasteiger partial charge in [-0.05, 0) is 18.6 Å². The maximum Gasteiger partial charge on any atom is 0.264 e. The standard InChI is InChI=1S/C14H18N2O2/c1-10-9-16(7-6-15-10)14(17)13-8-11-4-2-3-5-12(11)18-13/h2-5,10,13,15H,6-9H2,1H3/t10-,13+/m0/s1. The lowest BCUT2D eigenvalue weighted by atomic mass is 10.1. The summed E-state index contributed by atoms with van der Waals surface area (Å²) >= 11 is 0. The number of hydrogen-bond acceptors (Lipinski definition) is 3. The molecule has 3 rings (SSSR count). The number of nitrogens with one attached hydrogen (secondary N) is 1. The molecule has 2 atom stereocenters. The molecule has 0 unspecified atom stereocenters. The first-order valence-corrected chi connectivity index (χ1v) is 6.51. The van der Waals surface area contributed by atoms with Crippen LogP contribution in [0.15, 0.2) is 24.3 Å². The van der Waals surface area contributed by atoms with Gasteiger partial charge in [-0.15, -0.1) is 0 Å². The molecule has 0 spiro atoms. The lowest BCUT2D eigenvalue weighted by molar-refractivity contribution is -0.139. The van der Waals surface area contributed by atoms with Crippen molar-refractivity contribution >= 4 is 5.91 Å². The smallest absolute Gasteiger partial charge is 0.264 e. The van der Waals surface area contributed by atoms with Crippen molar-refractivity contribution < 1.29 is 9.53 Å². The lowest BCUT2D eigenvalue weighted by Gasteiger charge is -2.33. The van der Waals surface area contributed by atoms with Crippen LogP contribution in [0.4, 0.5) is 0 Å². The number of benzene rings is 1. The summed E-state index contributed by atoms with van der Waals surface area (Å²) in [4.78, 5) is 14.3. The Morgan fingerprint density at radius 1 is 1.44 bits per heavy atom. The monoisotopic (exact) mass is 246 g/mol. The summed E-state index contributed by atoms with van der Waals surface area (Å²) in [7, 11) is 0. The van der Waals surface area contributed by atoms with E-state index >= 15 is 0 Å². The zero-order valence-corrected chi connectivity index (χ0v) is 10.6. The Kier molecular flexibility index (Phi) is 2.96. The van der Waals surface area contributed by atoms with Crippen molar-refractivity contribution in [3.05, 3.63) is 29.8 Å². The molecule has 1 fully saturated rings. The number of fused-ring (bicyclic) bond motifs is 1. The van der Waals surface area contributed by atoms with E-state index in [1.165, 1.54) is 0 Å². The molecular weight excluding hydrogens is 228 g/mol. The fraction of sp³-hybridized carbons (Fsp3) is 0.500. The molecule has 2 aliphatic rings. The number of para-hydroxylation sites is 1. The van der Waals surface area contributed by atoms with Gasteiger partial charge in [0.05, 0.1) is 0 Å². The Morgan fingerprint density at radius 3 is 3.06 bits per heavy atom. The van der Waals surface area contributed by atoms with Crippen molar-refractivity contribution in [2.45, 2.75) is 25.5 Å². The molecule has 1 aromatic carbocycles. The summed E-state index contributed by atoms with van der Waals surface area (Å²) in [6.07, 6.45) is 0.375. The van der Waals surface area contributed by atoms with Crippen LogP contribution in [-0.4, -0.2) is 42.6 Å². The highest BCUT2D eigenvalue weighted by Gasteiger charge is 2.33. The van der Waals surface area contributed by atoms with E-state index in [9.17, 15) is 4.79 Å². The quantitative estimate of drug-likeness (QED) is 0.797. The first-order valence-electron chi connectivity index (χ1n) is 6.51. The summed E-state index contributed by atoms with van der Waals surface area (Å²) < 4.78 is 5.75. The SMILES string of the molecule is C[C@H]1CN(C(=O)[C@H]2Cc3ccccc3O2)CCN1. The molecule has 18 heavy (non-hydrogen) atoms. The maximum atomic E-state index is 12.4. The largest absolute Gasteiger partial charge is 0.480 e. The molecule has 96 valence electrons. The third kappa shape index (κ3) is 2.08. The van der Waals surface area contributed by atoms with Gasteiger partial charge in [-0.25, -0.2) is 0 Å². The van der Waals surface area contributed by atoms with Crippen molar-refractivity contribution in [1.29, 1.82) is 0 Å². The zero-order chi connectivity index (χ0) is 12.5. The summed E-state index contributed by atoms with van der Waals surface area (Å²) in [5.74, 6) is 0.985. The molecule has 4 heteroatoms. The second kappa shape index (κ2) is 4.61. The number of carbonyl (C=O) groups excluding carboxylic acids is 1. The van der Waals surface area contributed by atoms with Gasteiger partial charge < -0.3 is 15.0 Å². The van der Waals surface area contributed by atoms with Crippen LogP contribution >= 0.6 is 0 Å². The van der Waals surface area contributed by atoms with Crippen LogP contribution in [0, 0.1) is 0 Å². The van der Waals surface area contributed by atoms with Crippen LogP contribution < -0.4 is 10.1 Å². The molecule has 4 nitrogen and oxygen atoms in total. The highest BCUT2D eigenvalue weighted by molar-refractivity contribution is 5.82. The Hall–Kier alpha value is -1.55. The third-order valence-corrected chi connectivity index (χ3v) is 3.60. The van der Waals surface area contributed by atoms with E-state index in [2.05, 4.69) is 12.2 Å². The second-order valence-corrected chi connectivity index (χ2v) is 5.06. The molecule has 0 aromatic heterocycles. The van der Waals surface area contributed by atoms with E-state index < -0.39 is 0 Å². The zero-order valence-electron chi connectivity index (χ0n) is 10.6. The van der Waals surface area contributed by atoms with Gasteiger partial charge in [0.15, 0.2) is 6.10 Å². The minimum atomic E-state index is -0.326. The van der Waals surface area contributed by atoms with Gasteiger partial charge >= 0.3 is 0 Å². The van der Waals surface area contributed by atoms with Crippen LogP contribution in [0.3, 0.4) is 0 Å². The predicted octanol–water partition coefficient (Wildman–Crippen LogP) is 0.810. The summed E-state index contributed by atoms with van der Waals surface area (Å²) in [6, 6.07) is 8.26.